The molecule has 1 aliphatic heterocycles. The van der Waals surface area contributed by atoms with Crippen LogP contribution in [0.25, 0.3) is 0 Å². The average Bonchev–Trinajstić information content (AvgIpc) is 2.67. The Hall–Kier alpha value is -2.51. The van der Waals surface area contributed by atoms with Gasteiger partial charge < -0.3 is 19.9 Å². The smallest absolute Gasteiger partial charge is 0.205 e. The maximum atomic E-state index is 6.13. The molecule has 0 radical (unpaired) electrons. The van der Waals surface area contributed by atoms with Crippen LogP contribution in [0.4, 0.5) is 5.69 Å². The lowest BCUT2D eigenvalue weighted by Gasteiger charge is -2.37. The summed E-state index contributed by atoms with van der Waals surface area (Å²) in [7, 11) is 4.74. The first-order valence-electron chi connectivity index (χ1n) is 8.31. The summed E-state index contributed by atoms with van der Waals surface area (Å²) in [5, 5.41) is 3.74. The van der Waals surface area contributed by atoms with Crippen molar-refractivity contribution in [1.82, 2.24) is 5.32 Å². The van der Waals surface area contributed by atoms with Gasteiger partial charge in [0.1, 0.15) is 6.17 Å². The maximum absolute atomic E-state index is 6.13. The molecule has 0 aromatic heterocycles. The van der Waals surface area contributed by atoms with Crippen molar-refractivity contribution in [3.8, 4) is 17.2 Å². The van der Waals surface area contributed by atoms with E-state index in [9.17, 15) is 0 Å². The number of nitrogens with zero attached hydrogens (tertiary/aromatic N) is 1. The number of nitrogens with two attached hydrogens (primary N) is 1. The van der Waals surface area contributed by atoms with Crippen molar-refractivity contribution in [3.63, 3.8) is 0 Å². The molecule has 1 heterocycles. The number of rotatable bonds is 5. The first kappa shape index (κ1) is 18.3. The Labute approximate surface area is 158 Å². The van der Waals surface area contributed by atoms with Gasteiger partial charge in [0.05, 0.1) is 27.0 Å². The van der Waals surface area contributed by atoms with E-state index < -0.39 is 0 Å². The third-order valence-electron chi connectivity index (χ3n) is 4.52. The lowest BCUT2D eigenvalue weighted by molar-refractivity contribution is 0.324. The van der Waals surface area contributed by atoms with Crippen LogP contribution in [-0.2, 0) is 6.42 Å². The molecule has 0 saturated heterocycles. The van der Waals surface area contributed by atoms with Gasteiger partial charge in [-0.25, -0.2) is 0 Å². The Morgan fingerprint density at radius 1 is 1.08 bits per heavy atom. The van der Waals surface area contributed by atoms with E-state index in [1.54, 1.807) is 21.3 Å². The minimum Gasteiger partial charge on any atom is -0.493 e. The molecule has 1 atom stereocenters. The van der Waals surface area contributed by atoms with Crippen molar-refractivity contribution in [2.75, 3.05) is 32.8 Å². The van der Waals surface area contributed by atoms with E-state index in [2.05, 4.69) is 17.4 Å². The molecule has 138 valence electrons. The number of methoxy groups -OCH3 is 3. The van der Waals surface area contributed by atoms with Crippen LogP contribution >= 0.6 is 12.2 Å². The quantitative estimate of drug-likeness (QED) is 0.781. The minimum atomic E-state index is -0.190. The predicted molar refractivity (Wildman–Crippen MR) is 106 cm³/mol. The van der Waals surface area contributed by atoms with E-state index in [1.165, 1.54) is 5.56 Å². The van der Waals surface area contributed by atoms with E-state index in [0.717, 1.165) is 18.5 Å². The Morgan fingerprint density at radius 3 is 2.46 bits per heavy atom. The highest BCUT2D eigenvalue weighted by Gasteiger charge is 2.31. The Bertz CT molecular complexity index is 813. The summed E-state index contributed by atoms with van der Waals surface area (Å²) in [4.78, 5) is 1.86. The second kappa shape index (κ2) is 7.80. The molecule has 0 spiro atoms. The molecule has 0 fully saturated rings. The third-order valence-corrected chi connectivity index (χ3v) is 4.72. The molecule has 2 aromatic rings. The number of thiocarbonyl (C=S) groups is 1. The van der Waals surface area contributed by atoms with Gasteiger partial charge in [0.2, 0.25) is 5.75 Å². The predicted octanol–water partition coefficient (Wildman–Crippen LogP) is 2.61. The highest BCUT2D eigenvalue weighted by Crippen LogP contribution is 2.46. The maximum Gasteiger partial charge on any atom is 0.205 e. The molecule has 0 saturated carbocycles. The monoisotopic (exact) mass is 373 g/mol. The van der Waals surface area contributed by atoms with Crippen molar-refractivity contribution in [1.29, 1.82) is 0 Å². The highest BCUT2D eigenvalue weighted by atomic mass is 32.1. The van der Waals surface area contributed by atoms with E-state index in [4.69, 9.17) is 32.2 Å². The van der Waals surface area contributed by atoms with Crippen molar-refractivity contribution in [2.24, 2.45) is 5.73 Å². The average molecular weight is 373 g/mol. The molecule has 3 rings (SSSR count). The Balaban J connectivity index is 2.15. The molecular formula is C19H23N3O3S. The van der Waals surface area contributed by atoms with E-state index in [0.29, 0.717) is 22.9 Å². The fourth-order valence-corrected chi connectivity index (χ4v) is 3.58. The summed E-state index contributed by atoms with van der Waals surface area (Å²) >= 11 is 5.39. The summed E-state index contributed by atoms with van der Waals surface area (Å²) in [5.41, 5.74) is 9.26. The van der Waals surface area contributed by atoms with Gasteiger partial charge in [0, 0.05) is 6.54 Å². The van der Waals surface area contributed by atoms with E-state index in [1.807, 2.05) is 29.2 Å². The van der Waals surface area contributed by atoms with E-state index >= 15 is 0 Å². The molecule has 7 heteroatoms. The zero-order valence-electron chi connectivity index (χ0n) is 15.1. The second-order valence-corrected chi connectivity index (χ2v) is 6.29. The Morgan fingerprint density at radius 2 is 1.81 bits per heavy atom. The van der Waals surface area contributed by atoms with Crippen molar-refractivity contribution < 1.29 is 14.2 Å². The van der Waals surface area contributed by atoms with Gasteiger partial charge in [-0.2, -0.15) is 0 Å². The molecule has 2 aromatic carbocycles. The van der Waals surface area contributed by atoms with Crippen LogP contribution in [0.15, 0.2) is 36.4 Å². The zero-order valence-corrected chi connectivity index (χ0v) is 15.9. The molecule has 0 aliphatic carbocycles. The zero-order chi connectivity index (χ0) is 18.7. The molecule has 26 heavy (non-hydrogen) atoms. The summed E-state index contributed by atoms with van der Waals surface area (Å²) in [5.74, 6) is 1.59. The topological polar surface area (TPSA) is 69.0 Å². The number of fused-ring (bicyclic) bond motifs is 1. The number of ether oxygens (including phenoxy) is 3. The van der Waals surface area contributed by atoms with Gasteiger partial charge >= 0.3 is 0 Å². The number of hydrogen-bond donors (Lipinski definition) is 2. The van der Waals surface area contributed by atoms with Gasteiger partial charge in [-0.05, 0) is 41.9 Å². The molecule has 1 aliphatic rings. The SMILES string of the molecule is COc1ccc(N(C(N)=S)C2NCCc3ccccc32)c(OC)c1OC. The number of hydrogen-bond acceptors (Lipinski definition) is 5. The van der Waals surface area contributed by atoms with Crippen molar-refractivity contribution in [2.45, 2.75) is 12.6 Å². The first-order valence-corrected chi connectivity index (χ1v) is 8.72. The summed E-state index contributed by atoms with van der Waals surface area (Å²) in [6, 6.07) is 12.0. The fraction of sp³-hybridized carbons (Fsp3) is 0.316. The first-order chi connectivity index (χ1) is 12.6. The van der Waals surface area contributed by atoms with Crippen LogP contribution < -0.4 is 30.2 Å². The summed E-state index contributed by atoms with van der Waals surface area (Å²) < 4.78 is 16.5. The van der Waals surface area contributed by atoms with Crippen LogP contribution in [0.2, 0.25) is 0 Å². The van der Waals surface area contributed by atoms with Gasteiger partial charge in [-0.15, -0.1) is 0 Å². The van der Waals surface area contributed by atoms with Gasteiger partial charge in [-0.3, -0.25) is 10.2 Å². The second-order valence-electron chi connectivity index (χ2n) is 5.87. The van der Waals surface area contributed by atoms with Crippen LogP contribution in [0.3, 0.4) is 0 Å². The normalized spacial score (nSPS) is 15.7. The van der Waals surface area contributed by atoms with Crippen LogP contribution in [0, 0.1) is 0 Å². The van der Waals surface area contributed by atoms with Gasteiger partial charge in [-0.1, -0.05) is 24.3 Å². The van der Waals surface area contributed by atoms with Gasteiger partial charge in [0.15, 0.2) is 16.6 Å². The van der Waals surface area contributed by atoms with Gasteiger partial charge in [0.25, 0.3) is 0 Å². The fourth-order valence-electron chi connectivity index (χ4n) is 3.37. The highest BCUT2D eigenvalue weighted by molar-refractivity contribution is 7.80. The number of anilines is 1. The molecule has 1 unspecified atom stereocenters. The van der Waals surface area contributed by atoms with Crippen LogP contribution in [-0.4, -0.2) is 33.0 Å². The molecule has 0 amide bonds. The number of benzene rings is 2. The largest absolute Gasteiger partial charge is 0.493 e. The van der Waals surface area contributed by atoms with Crippen LogP contribution in [0.1, 0.15) is 17.3 Å². The van der Waals surface area contributed by atoms with Crippen molar-refractivity contribution >= 4 is 23.0 Å². The number of nitrogens with one attached hydrogen (secondary N) is 1. The lowest BCUT2D eigenvalue weighted by Crippen LogP contribution is -2.48. The molecular weight excluding hydrogens is 350 g/mol. The Kier molecular flexibility index (Phi) is 5.49. The molecule has 3 N–H and O–H groups in total. The molecule has 0 bridgehead atoms. The summed E-state index contributed by atoms with van der Waals surface area (Å²) in [6.07, 6.45) is 0.769. The van der Waals surface area contributed by atoms with Crippen LogP contribution in [0.5, 0.6) is 17.2 Å². The standard InChI is InChI=1S/C19H23N3O3S/c1-23-15-9-8-14(16(24-2)17(15)25-3)22(19(20)26)18-13-7-5-4-6-12(13)10-11-21-18/h4-9,18,21H,10-11H2,1-3H3,(H2,20,26). The van der Waals surface area contributed by atoms with E-state index in [-0.39, 0.29) is 11.3 Å². The third kappa shape index (κ3) is 3.15. The lowest BCUT2D eigenvalue weighted by atomic mass is 9.97. The van der Waals surface area contributed by atoms with Crippen molar-refractivity contribution in [3.05, 3.63) is 47.5 Å². The molecule has 6 nitrogen and oxygen atoms in total. The minimum absolute atomic E-state index is 0.190. The summed E-state index contributed by atoms with van der Waals surface area (Å²) in [6.45, 7) is 0.830.